The molecule has 0 aliphatic rings. The molecule has 1 aromatic rings. The molecule has 1 atom stereocenters. The highest BCUT2D eigenvalue weighted by Gasteiger charge is 2.15. The Labute approximate surface area is 82.9 Å². The second-order valence-electron chi connectivity index (χ2n) is 3.19. The second-order valence-corrected chi connectivity index (χ2v) is 3.19. The predicted octanol–water partition coefficient (Wildman–Crippen LogP) is 1.09. The first-order valence-electron chi connectivity index (χ1n) is 4.64. The molecule has 0 bridgehead atoms. The van der Waals surface area contributed by atoms with Gasteiger partial charge in [-0.3, -0.25) is 4.79 Å². The molecule has 4 heteroatoms. The summed E-state index contributed by atoms with van der Waals surface area (Å²) in [5.74, 6) is 0.0466. The molecule has 0 radical (unpaired) electrons. The van der Waals surface area contributed by atoms with Crippen LogP contribution in [0.15, 0.2) is 16.7 Å². The average molecular weight is 197 g/mol. The minimum atomic E-state index is -0.270. The van der Waals surface area contributed by atoms with Gasteiger partial charge in [-0.1, -0.05) is 6.92 Å². The van der Waals surface area contributed by atoms with Crippen molar-refractivity contribution in [2.75, 3.05) is 6.61 Å². The first-order valence-corrected chi connectivity index (χ1v) is 4.64. The maximum atomic E-state index is 11.5. The molecule has 1 aromatic heterocycles. The van der Waals surface area contributed by atoms with Gasteiger partial charge in [-0.05, 0) is 19.4 Å². The van der Waals surface area contributed by atoms with Gasteiger partial charge in [0.15, 0.2) is 5.76 Å². The van der Waals surface area contributed by atoms with Crippen molar-refractivity contribution in [3.8, 4) is 0 Å². The third-order valence-corrected chi connectivity index (χ3v) is 2.12. The van der Waals surface area contributed by atoms with E-state index in [4.69, 9.17) is 9.52 Å². The third kappa shape index (κ3) is 2.35. The normalized spacial score (nSPS) is 12.5. The molecule has 0 aliphatic heterocycles. The van der Waals surface area contributed by atoms with Crippen LogP contribution in [0.2, 0.25) is 0 Å². The number of carbonyl (C=O) groups excluding carboxylic acids is 1. The fourth-order valence-corrected chi connectivity index (χ4v) is 1.13. The van der Waals surface area contributed by atoms with Crippen LogP contribution in [-0.4, -0.2) is 23.7 Å². The molecule has 2 N–H and O–H groups in total. The number of hydrogen-bond donors (Lipinski definition) is 2. The topological polar surface area (TPSA) is 62.5 Å². The van der Waals surface area contributed by atoms with Gasteiger partial charge in [0.05, 0.1) is 18.9 Å². The first kappa shape index (κ1) is 10.8. The van der Waals surface area contributed by atoms with E-state index in [0.717, 1.165) is 5.56 Å². The summed E-state index contributed by atoms with van der Waals surface area (Å²) in [7, 11) is 0. The van der Waals surface area contributed by atoms with Gasteiger partial charge in [-0.25, -0.2) is 0 Å². The zero-order chi connectivity index (χ0) is 10.6. The van der Waals surface area contributed by atoms with Crippen molar-refractivity contribution in [3.63, 3.8) is 0 Å². The molecule has 14 heavy (non-hydrogen) atoms. The molecular weight excluding hydrogens is 182 g/mol. The summed E-state index contributed by atoms with van der Waals surface area (Å²) < 4.78 is 5.02. The minimum absolute atomic E-state index is 0.0536. The van der Waals surface area contributed by atoms with E-state index >= 15 is 0 Å². The summed E-state index contributed by atoms with van der Waals surface area (Å²) in [6.07, 6.45) is 2.17. The third-order valence-electron chi connectivity index (χ3n) is 2.12. The molecular formula is C10H15NO3. The van der Waals surface area contributed by atoms with Crippen LogP contribution in [0, 0.1) is 6.92 Å². The maximum absolute atomic E-state index is 11.5. The summed E-state index contributed by atoms with van der Waals surface area (Å²) in [5.41, 5.74) is 0.801. The van der Waals surface area contributed by atoms with Crippen molar-refractivity contribution in [1.82, 2.24) is 5.32 Å². The molecule has 78 valence electrons. The minimum Gasteiger partial charge on any atom is -0.459 e. The second kappa shape index (κ2) is 4.81. The molecule has 4 nitrogen and oxygen atoms in total. The van der Waals surface area contributed by atoms with Gasteiger partial charge >= 0.3 is 0 Å². The van der Waals surface area contributed by atoms with Gasteiger partial charge in [-0.15, -0.1) is 0 Å². The van der Waals surface area contributed by atoms with Crippen LogP contribution in [0.4, 0.5) is 0 Å². The van der Waals surface area contributed by atoms with E-state index in [0.29, 0.717) is 12.2 Å². The molecule has 0 spiro atoms. The quantitative estimate of drug-likeness (QED) is 0.759. The smallest absolute Gasteiger partial charge is 0.287 e. The van der Waals surface area contributed by atoms with E-state index in [1.165, 1.54) is 6.26 Å². The Balaban J connectivity index is 2.63. The average Bonchev–Trinajstić information content (AvgIpc) is 2.60. The van der Waals surface area contributed by atoms with Crippen molar-refractivity contribution < 1.29 is 14.3 Å². The number of hydrogen-bond acceptors (Lipinski definition) is 3. The molecule has 0 fully saturated rings. The Morgan fingerprint density at radius 2 is 2.43 bits per heavy atom. The van der Waals surface area contributed by atoms with Crippen molar-refractivity contribution in [1.29, 1.82) is 0 Å². The summed E-state index contributed by atoms with van der Waals surface area (Å²) in [4.78, 5) is 11.5. The number of aryl methyl sites for hydroxylation is 1. The van der Waals surface area contributed by atoms with E-state index in [1.807, 2.05) is 6.92 Å². The highest BCUT2D eigenvalue weighted by Crippen LogP contribution is 2.08. The Bertz CT molecular complexity index is 302. The molecule has 0 saturated heterocycles. The number of aliphatic hydroxyl groups is 1. The summed E-state index contributed by atoms with van der Waals surface area (Å²) in [6, 6.07) is 1.53. The first-order chi connectivity index (χ1) is 6.69. The SMILES string of the molecule is CCC(CO)NC(=O)c1occc1C. The van der Waals surface area contributed by atoms with Gasteiger partial charge in [0.1, 0.15) is 0 Å². The fourth-order valence-electron chi connectivity index (χ4n) is 1.13. The monoisotopic (exact) mass is 197 g/mol. The fraction of sp³-hybridized carbons (Fsp3) is 0.500. The van der Waals surface area contributed by atoms with Crippen molar-refractivity contribution in [3.05, 3.63) is 23.7 Å². The van der Waals surface area contributed by atoms with Gasteiger partial charge in [0.25, 0.3) is 5.91 Å². The summed E-state index contributed by atoms with van der Waals surface area (Å²) >= 11 is 0. The molecule has 0 aliphatic carbocycles. The summed E-state index contributed by atoms with van der Waals surface area (Å²) in [6.45, 7) is 3.65. The Morgan fingerprint density at radius 3 is 2.86 bits per heavy atom. The van der Waals surface area contributed by atoms with Crippen LogP contribution in [-0.2, 0) is 0 Å². The van der Waals surface area contributed by atoms with E-state index < -0.39 is 0 Å². The standard InChI is InChI=1S/C10H15NO3/c1-3-8(6-12)11-10(13)9-7(2)4-5-14-9/h4-5,8,12H,3,6H2,1-2H3,(H,11,13). The number of aliphatic hydroxyl groups excluding tert-OH is 1. The highest BCUT2D eigenvalue weighted by molar-refractivity contribution is 5.92. The van der Waals surface area contributed by atoms with E-state index in [-0.39, 0.29) is 18.6 Å². The summed E-state index contributed by atoms with van der Waals surface area (Å²) in [5, 5.41) is 11.6. The van der Waals surface area contributed by atoms with Crippen LogP contribution >= 0.6 is 0 Å². The largest absolute Gasteiger partial charge is 0.459 e. The van der Waals surface area contributed by atoms with Crippen molar-refractivity contribution in [2.24, 2.45) is 0 Å². The molecule has 0 saturated carbocycles. The highest BCUT2D eigenvalue weighted by atomic mass is 16.3. The Kier molecular flexibility index (Phi) is 3.71. The lowest BCUT2D eigenvalue weighted by atomic mass is 10.2. The number of amides is 1. The molecule has 0 aromatic carbocycles. The van der Waals surface area contributed by atoms with Crippen LogP contribution in [0.3, 0.4) is 0 Å². The van der Waals surface area contributed by atoms with Crippen LogP contribution in [0.5, 0.6) is 0 Å². The number of nitrogens with one attached hydrogen (secondary N) is 1. The van der Waals surface area contributed by atoms with Crippen LogP contribution in [0.25, 0.3) is 0 Å². The van der Waals surface area contributed by atoms with Crippen LogP contribution in [0.1, 0.15) is 29.5 Å². The lowest BCUT2D eigenvalue weighted by molar-refractivity contribution is 0.0886. The Hall–Kier alpha value is -1.29. The van der Waals surface area contributed by atoms with E-state index in [1.54, 1.807) is 13.0 Å². The van der Waals surface area contributed by atoms with Gasteiger partial charge in [0.2, 0.25) is 0 Å². The van der Waals surface area contributed by atoms with Gasteiger partial charge < -0.3 is 14.8 Å². The molecule has 1 unspecified atom stereocenters. The zero-order valence-electron chi connectivity index (χ0n) is 8.41. The van der Waals surface area contributed by atoms with E-state index in [9.17, 15) is 4.79 Å². The van der Waals surface area contributed by atoms with Gasteiger partial charge in [-0.2, -0.15) is 0 Å². The van der Waals surface area contributed by atoms with E-state index in [2.05, 4.69) is 5.32 Å². The van der Waals surface area contributed by atoms with Gasteiger partial charge in [0, 0.05) is 5.56 Å². The molecule has 1 amide bonds. The zero-order valence-corrected chi connectivity index (χ0v) is 8.41. The van der Waals surface area contributed by atoms with Crippen LogP contribution < -0.4 is 5.32 Å². The number of carbonyl (C=O) groups is 1. The molecule has 1 heterocycles. The lowest BCUT2D eigenvalue weighted by Gasteiger charge is -2.12. The van der Waals surface area contributed by atoms with Crippen molar-refractivity contribution in [2.45, 2.75) is 26.3 Å². The Morgan fingerprint density at radius 1 is 1.71 bits per heavy atom. The molecule has 1 rings (SSSR count). The predicted molar refractivity (Wildman–Crippen MR) is 52.1 cm³/mol. The maximum Gasteiger partial charge on any atom is 0.287 e. The number of rotatable bonds is 4. The number of furan rings is 1. The lowest BCUT2D eigenvalue weighted by Crippen LogP contribution is -2.36. The van der Waals surface area contributed by atoms with Crippen molar-refractivity contribution >= 4 is 5.91 Å².